The number of allylic oxidation sites excluding steroid dienone is 1. The Morgan fingerprint density at radius 2 is 1.79 bits per heavy atom. The molecule has 1 aromatic heterocycles. The van der Waals surface area contributed by atoms with Gasteiger partial charge in [-0.1, -0.05) is 54.1 Å². The number of benzene rings is 3. The molecule has 6 heteroatoms. The van der Waals surface area contributed by atoms with Gasteiger partial charge in [-0.05, 0) is 41.1 Å². The highest BCUT2D eigenvalue weighted by atomic mass is 35.5. The van der Waals surface area contributed by atoms with Crippen LogP contribution in [0.3, 0.4) is 0 Å². The van der Waals surface area contributed by atoms with Crippen LogP contribution in [0, 0.1) is 10.1 Å². The minimum Gasteiger partial charge on any atom is -0.457 e. The van der Waals surface area contributed by atoms with Gasteiger partial charge >= 0.3 is 0 Å². The molecule has 0 aliphatic carbocycles. The highest BCUT2D eigenvalue weighted by molar-refractivity contribution is 6.33. The minimum absolute atomic E-state index is 0.0916. The smallest absolute Gasteiger partial charge is 0.270 e. The number of rotatable bonds is 5. The van der Waals surface area contributed by atoms with E-state index in [4.69, 9.17) is 16.0 Å². The number of carbonyl (C=O) groups excluding carboxylic acids is 1. The van der Waals surface area contributed by atoms with E-state index in [0.29, 0.717) is 22.6 Å². The molecular weight excluding hydrogens is 390 g/mol. The highest BCUT2D eigenvalue weighted by Crippen LogP contribution is 2.32. The van der Waals surface area contributed by atoms with Crippen LogP contribution in [0.25, 0.3) is 28.2 Å². The molecule has 0 saturated carbocycles. The minimum atomic E-state index is -0.509. The molecule has 0 fully saturated rings. The molecular formula is C23H14ClNO4. The zero-order valence-corrected chi connectivity index (χ0v) is 15.8. The van der Waals surface area contributed by atoms with Crippen LogP contribution in [0.15, 0.2) is 83.3 Å². The summed E-state index contributed by atoms with van der Waals surface area (Å²) in [6.07, 6.45) is 3.05. The molecule has 1 heterocycles. The molecule has 5 nitrogen and oxygen atoms in total. The first kappa shape index (κ1) is 18.7. The number of nitrogens with zero attached hydrogens (tertiary/aromatic N) is 1. The fourth-order valence-electron chi connectivity index (χ4n) is 3.09. The van der Waals surface area contributed by atoms with Gasteiger partial charge in [0.05, 0.1) is 9.95 Å². The van der Waals surface area contributed by atoms with Crippen LogP contribution in [-0.4, -0.2) is 10.7 Å². The van der Waals surface area contributed by atoms with Crippen LogP contribution in [0.4, 0.5) is 5.69 Å². The van der Waals surface area contributed by atoms with Crippen LogP contribution in [-0.2, 0) is 0 Å². The Hall–Kier alpha value is -3.70. The molecule has 0 unspecified atom stereocenters. The molecule has 0 bridgehead atoms. The van der Waals surface area contributed by atoms with Gasteiger partial charge in [-0.15, -0.1) is 0 Å². The molecule has 0 amide bonds. The summed E-state index contributed by atoms with van der Waals surface area (Å²) in [5.41, 5.74) is 1.06. The van der Waals surface area contributed by atoms with E-state index in [1.54, 1.807) is 24.3 Å². The van der Waals surface area contributed by atoms with Crippen molar-refractivity contribution in [2.75, 3.05) is 0 Å². The van der Waals surface area contributed by atoms with E-state index >= 15 is 0 Å². The number of ketones is 1. The van der Waals surface area contributed by atoms with Gasteiger partial charge < -0.3 is 4.42 Å². The van der Waals surface area contributed by atoms with E-state index in [1.807, 2.05) is 36.4 Å². The average molecular weight is 404 g/mol. The SMILES string of the molecule is O=C(C=Cc1ccc(-c2ccc([N+](=O)[O-])cc2Cl)o1)c1cccc2ccccc12. The third-order valence-corrected chi connectivity index (χ3v) is 4.82. The summed E-state index contributed by atoms with van der Waals surface area (Å²) >= 11 is 6.14. The predicted molar refractivity (Wildman–Crippen MR) is 113 cm³/mol. The summed E-state index contributed by atoms with van der Waals surface area (Å²) < 4.78 is 5.73. The number of hydrogen-bond acceptors (Lipinski definition) is 4. The van der Waals surface area contributed by atoms with Crippen LogP contribution in [0.5, 0.6) is 0 Å². The summed E-state index contributed by atoms with van der Waals surface area (Å²) in [6.45, 7) is 0. The van der Waals surface area contributed by atoms with Crippen molar-refractivity contribution in [1.82, 2.24) is 0 Å². The Morgan fingerprint density at radius 1 is 1.00 bits per heavy atom. The fourth-order valence-corrected chi connectivity index (χ4v) is 3.36. The fraction of sp³-hybridized carbons (Fsp3) is 0. The maximum absolute atomic E-state index is 12.7. The van der Waals surface area contributed by atoms with Gasteiger partial charge in [-0.25, -0.2) is 0 Å². The molecule has 142 valence electrons. The highest BCUT2D eigenvalue weighted by Gasteiger charge is 2.13. The predicted octanol–water partition coefficient (Wildman–Crippen LogP) is 6.56. The Kier molecular flexibility index (Phi) is 4.97. The van der Waals surface area contributed by atoms with Crippen LogP contribution < -0.4 is 0 Å². The van der Waals surface area contributed by atoms with Gasteiger partial charge in [-0.2, -0.15) is 0 Å². The van der Waals surface area contributed by atoms with Crippen molar-refractivity contribution in [2.45, 2.75) is 0 Å². The standard InChI is InChI=1S/C23H14ClNO4/c24-21-14-16(25(27)28)8-11-20(21)23-13-10-17(29-23)9-12-22(26)19-7-3-5-15-4-1-2-6-18(15)19/h1-14H. The maximum Gasteiger partial charge on any atom is 0.270 e. The van der Waals surface area contributed by atoms with Crippen molar-refractivity contribution in [3.05, 3.63) is 105 Å². The third kappa shape index (κ3) is 3.81. The Bertz CT molecular complexity index is 1270. The lowest BCUT2D eigenvalue weighted by Gasteiger charge is -2.02. The average Bonchev–Trinajstić information content (AvgIpc) is 3.20. The van der Waals surface area contributed by atoms with Gasteiger partial charge in [0.25, 0.3) is 5.69 Å². The van der Waals surface area contributed by atoms with Crippen molar-refractivity contribution in [3.8, 4) is 11.3 Å². The Balaban J connectivity index is 1.58. The van der Waals surface area contributed by atoms with E-state index < -0.39 is 4.92 Å². The number of hydrogen-bond donors (Lipinski definition) is 0. The molecule has 0 saturated heterocycles. The first-order valence-electron chi connectivity index (χ1n) is 8.77. The van der Waals surface area contributed by atoms with Gasteiger partial charge in [0.1, 0.15) is 11.5 Å². The van der Waals surface area contributed by atoms with Crippen LogP contribution in [0.2, 0.25) is 5.02 Å². The number of halogens is 1. The monoisotopic (exact) mass is 403 g/mol. The summed E-state index contributed by atoms with van der Waals surface area (Å²) in [5.74, 6) is 0.804. The van der Waals surface area contributed by atoms with Crippen molar-refractivity contribution in [3.63, 3.8) is 0 Å². The number of nitro benzene ring substituents is 1. The van der Waals surface area contributed by atoms with Crippen molar-refractivity contribution in [2.24, 2.45) is 0 Å². The van der Waals surface area contributed by atoms with E-state index in [-0.39, 0.29) is 16.5 Å². The lowest BCUT2D eigenvalue weighted by Crippen LogP contribution is -1.95. The number of fused-ring (bicyclic) bond motifs is 1. The van der Waals surface area contributed by atoms with Crippen LogP contribution in [0.1, 0.15) is 16.1 Å². The second-order valence-corrected chi connectivity index (χ2v) is 6.75. The Morgan fingerprint density at radius 3 is 2.59 bits per heavy atom. The lowest BCUT2D eigenvalue weighted by molar-refractivity contribution is -0.384. The second-order valence-electron chi connectivity index (χ2n) is 6.35. The summed E-state index contributed by atoms with van der Waals surface area (Å²) in [5, 5.41) is 12.9. The zero-order chi connectivity index (χ0) is 20.4. The molecule has 0 radical (unpaired) electrons. The molecule has 3 aromatic carbocycles. The van der Waals surface area contributed by atoms with Gasteiger partial charge in [-0.3, -0.25) is 14.9 Å². The normalized spacial score (nSPS) is 11.2. The molecule has 29 heavy (non-hydrogen) atoms. The molecule has 4 rings (SSSR count). The van der Waals surface area contributed by atoms with Gasteiger partial charge in [0.2, 0.25) is 0 Å². The number of non-ortho nitro benzene ring substituents is 1. The number of nitro groups is 1. The van der Waals surface area contributed by atoms with E-state index in [9.17, 15) is 14.9 Å². The van der Waals surface area contributed by atoms with Crippen LogP contribution >= 0.6 is 11.6 Å². The van der Waals surface area contributed by atoms with E-state index in [0.717, 1.165) is 10.8 Å². The third-order valence-electron chi connectivity index (χ3n) is 4.51. The van der Waals surface area contributed by atoms with E-state index in [2.05, 4.69) is 0 Å². The van der Waals surface area contributed by atoms with Crippen molar-refractivity contribution in [1.29, 1.82) is 0 Å². The largest absolute Gasteiger partial charge is 0.457 e. The first-order chi connectivity index (χ1) is 14.0. The zero-order valence-electron chi connectivity index (χ0n) is 15.0. The van der Waals surface area contributed by atoms with Crippen molar-refractivity contribution < 1.29 is 14.1 Å². The maximum atomic E-state index is 12.7. The number of carbonyl (C=O) groups is 1. The summed E-state index contributed by atoms with van der Waals surface area (Å²) in [7, 11) is 0. The van der Waals surface area contributed by atoms with Gasteiger partial charge in [0.15, 0.2) is 5.78 Å². The quantitative estimate of drug-likeness (QED) is 0.164. The summed E-state index contributed by atoms with van der Waals surface area (Å²) in [4.78, 5) is 23.0. The van der Waals surface area contributed by atoms with Gasteiger partial charge in [0, 0.05) is 23.3 Å². The lowest BCUT2D eigenvalue weighted by atomic mass is 10.0. The number of furan rings is 1. The molecule has 0 N–H and O–H groups in total. The molecule has 0 atom stereocenters. The summed E-state index contributed by atoms with van der Waals surface area (Å²) in [6, 6.07) is 20.9. The first-order valence-corrected chi connectivity index (χ1v) is 9.15. The Labute approximate surface area is 171 Å². The van der Waals surface area contributed by atoms with E-state index in [1.165, 1.54) is 24.3 Å². The molecule has 0 spiro atoms. The topological polar surface area (TPSA) is 73.3 Å². The van der Waals surface area contributed by atoms with Crippen molar-refractivity contribution >= 4 is 39.9 Å². The molecule has 4 aromatic rings. The molecule has 0 aliphatic heterocycles. The second kappa shape index (κ2) is 7.73. The molecule has 0 aliphatic rings.